The van der Waals surface area contributed by atoms with Crippen LogP contribution in [0.4, 0.5) is 5.69 Å². The first kappa shape index (κ1) is 16.5. The smallest absolute Gasteiger partial charge is 0.233 e. The van der Waals surface area contributed by atoms with Gasteiger partial charge in [0, 0.05) is 11.7 Å². The van der Waals surface area contributed by atoms with Crippen molar-refractivity contribution in [3.05, 3.63) is 29.3 Å². The quantitative estimate of drug-likeness (QED) is 0.806. The highest BCUT2D eigenvalue weighted by molar-refractivity contribution is 7.91. The molecule has 0 bridgehead atoms. The Labute approximate surface area is 130 Å². The lowest BCUT2D eigenvalue weighted by Gasteiger charge is -2.12. The minimum absolute atomic E-state index is 0.0442. The molecular weight excluding hydrogens is 304 g/mol. The second kappa shape index (κ2) is 6.48. The van der Waals surface area contributed by atoms with Crippen molar-refractivity contribution in [1.29, 1.82) is 0 Å². The average molecular weight is 324 g/mol. The van der Waals surface area contributed by atoms with Crippen LogP contribution in [0, 0.1) is 13.8 Å². The fourth-order valence-corrected chi connectivity index (χ4v) is 4.15. The third kappa shape index (κ3) is 4.56. The van der Waals surface area contributed by atoms with Gasteiger partial charge in [-0.1, -0.05) is 17.7 Å². The molecule has 120 valence electrons. The molecule has 6 nitrogen and oxygen atoms in total. The Balaban J connectivity index is 1.85. The van der Waals surface area contributed by atoms with E-state index in [4.69, 9.17) is 0 Å². The summed E-state index contributed by atoms with van der Waals surface area (Å²) in [6.45, 7) is 3.84. The molecule has 0 aromatic heterocycles. The van der Waals surface area contributed by atoms with Crippen LogP contribution in [0.5, 0.6) is 0 Å². The average Bonchev–Trinajstić information content (AvgIpc) is 2.71. The second-order valence-corrected chi connectivity index (χ2v) is 7.94. The highest BCUT2D eigenvalue weighted by Gasteiger charge is 2.29. The predicted molar refractivity (Wildman–Crippen MR) is 84.4 cm³/mol. The summed E-state index contributed by atoms with van der Waals surface area (Å²) >= 11 is 0. The maximum Gasteiger partial charge on any atom is 0.233 e. The van der Waals surface area contributed by atoms with E-state index in [0.717, 1.165) is 11.1 Å². The van der Waals surface area contributed by atoms with E-state index < -0.39 is 21.7 Å². The Bertz CT molecular complexity index is 697. The van der Waals surface area contributed by atoms with E-state index in [1.54, 1.807) is 6.07 Å². The summed E-state index contributed by atoms with van der Waals surface area (Å²) in [6.07, 6.45) is 0.0939. The van der Waals surface area contributed by atoms with E-state index in [0.29, 0.717) is 12.1 Å². The number of nitrogens with one attached hydrogen (secondary N) is 2. The number of benzene rings is 1. The van der Waals surface area contributed by atoms with Crippen molar-refractivity contribution in [2.45, 2.75) is 32.7 Å². The minimum atomic E-state index is -3.04. The van der Waals surface area contributed by atoms with Crippen LogP contribution in [0.15, 0.2) is 18.2 Å². The molecule has 0 saturated carbocycles. The molecule has 2 rings (SSSR count). The summed E-state index contributed by atoms with van der Waals surface area (Å²) in [5, 5.41) is 5.29. The zero-order valence-corrected chi connectivity index (χ0v) is 13.5. The third-order valence-corrected chi connectivity index (χ3v) is 5.34. The summed E-state index contributed by atoms with van der Waals surface area (Å²) in [5.74, 6) is -0.820. The normalized spacial score (nSPS) is 19.6. The molecule has 1 heterocycles. The lowest BCUT2D eigenvalue weighted by atomic mass is 10.1. The van der Waals surface area contributed by atoms with Crippen molar-refractivity contribution in [2.24, 2.45) is 0 Å². The highest BCUT2D eigenvalue weighted by atomic mass is 32.2. The molecule has 1 aromatic rings. The van der Waals surface area contributed by atoms with E-state index in [2.05, 4.69) is 10.6 Å². The maximum atomic E-state index is 11.9. The summed E-state index contributed by atoms with van der Waals surface area (Å²) in [5.41, 5.74) is 2.69. The summed E-state index contributed by atoms with van der Waals surface area (Å²) in [6, 6.07) is 5.24. The van der Waals surface area contributed by atoms with Gasteiger partial charge < -0.3 is 10.6 Å². The number of rotatable bonds is 4. The van der Waals surface area contributed by atoms with Gasteiger partial charge in [-0.25, -0.2) is 8.42 Å². The van der Waals surface area contributed by atoms with Crippen LogP contribution in [0.1, 0.15) is 24.0 Å². The monoisotopic (exact) mass is 324 g/mol. The van der Waals surface area contributed by atoms with Crippen LogP contribution in [0.25, 0.3) is 0 Å². The van der Waals surface area contributed by atoms with Crippen LogP contribution in [-0.4, -0.2) is 37.8 Å². The molecule has 1 fully saturated rings. The van der Waals surface area contributed by atoms with Gasteiger partial charge in [0.15, 0.2) is 9.84 Å². The fraction of sp³-hybridized carbons (Fsp3) is 0.467. The van der Waals surface area contributed by atoms with Gasteiger partial charge in [0.1, 0.15) is 6.42 Å². The minimum Gasteiger partial charge on any atom is -0.352 e. The largest absolute Gasteiger partial charge is 0.352 e. The van der Waals surface area contributed by atoms with Crippen LogP contribution in [0.2, 0.25) is 0 Å². The summed E-state index contributed by atoms with van der Waals surface area (Å²) in [7, 11) is -3.04. The van der Waals surface area contributed by atoms with Crippen molar-refractivity contribution in [3.8, 4) is 0 Å². The van der Waals surface area contributed by atoms with Gasteiger partial charge in [-0.05, 0) is 31.9 Å². The number of carbonyl (C=O) groups excluding carboxylic acids is 2. The first-order valence-electron chi connectivity index (χ1n) is 7.12. The molecule has 0 radical (unpaired) electrons. The number of aryl methyl sites for hydroxylation is 2. The van der Waals surface area contributed by atoms with Crippen molar-refractivity contribution in [2.75, 3.05) is 16.8 Å². The Hall–Kier alpha value is -1.89. The molecular formula is C15H20N2O4S. The van der Waals surface area contributed by atoms with Crippen LogP contribution < -0.4 is 10.6 Å². The Morgan fingerprint density at radius 3 is 2.55 bits per heavy atom. The molecule has 1 aliphatic heterocycles. The Kier molecular flexibility index (Phi) is 4.85. The van der Waals surface area contributed by atoms with E-state index in [1.807, 2.05) is 26.0 Å². The molecule has 1 atom stereocenters. The molecule has 7 heteroatoms. The lowest BCUT2D eigenvalue weighted by molar-refractivity contribution is -0.127. The van der Waals surface area contributed by atoms with Gasteiger partial charge in [-0.2, -0.15) is 0 Å². The SMILES string of the molecule is Cc1ccc(NC(=O)CC(=O)NC2CCS(=O)(=O)C2)c(C)c1. The molecule has 0 spiro atoms. The number of hydrogen-bond donors (Lipinski definition) is 2. The molecule has 1 saturated heterocycles. The van der Waals surface area contributed by atoms with Gasteiger partial charge in [0.2, 0.25) is 11.8 Å². The maximum absolute atomic E-state index is 11.9. The number of sulfone groups is 1. The fourth-order valence-electron chi connectivity index (χ4n) is 2.48. The van der Waals surface area contributed by atoms with Gasteiger partial charge in [0.05, 0.1) is 11.5 Å². The van der Waals surface area contributed by atoms with Crippen molar-refractivity contribution in [1.82, 2.24) is 5.32 Å². The first-order valence-corrected chi connectivity index (χ1v) is 8.94. The third-order valence-electron chi connectivity index (χ3n) is 3.57. The van der Waals surface area contributed by atoms with Crippen LogP contribution >= 0.6 is 0 Å². The zero-order valence-electron chi connectivity index (χ0n) is 12.7. The van der Waals surface area contributed by atoms with Gasteiger partial charge >= 0.3 is 0 Å². The number of carbonyl (C=O) groups is 2. The van der Waals surface area contributed by atoms with Crippen molar-refractivity contribution >= 4 is 27.3 Å². The molecule has 2 amide bonds. The molecule has 2 N–H and O–H groups in total. The van der Waals surface area contributed by atoms with E-state index >= 15 is 0 Å². The highest BCUT2D eigenvalue weighted by Crippen LogP contribution is 2.16. The van der Waals surface area contributed by atoms with E-state index in [-0.39, 0.29) is 24.0 Å². The van der Waals surface area contributed by atoms with E-state index in [1.165, 1.54) is 0 Å². The van der Waals surface area contributed by atoms with Crippen molar-refractivity contribution < 1.29 is 18.0 Å². The number of anilines is 1. The molecule has 1 unspecified atom stereocenters. The van der Waals surface area contributed by atoms with Crippen LogP contribution in [-0.2, 0) is 19.4 Å². The molecule has 0 aliphatic carbocycles. The van der Waals surface area contributed by atoms with Crippen LogP contribution in [0.3, 0.4) is 0 Å². The molecule has 1 aliphatic rings. The standard InChI is InChI=1S/C15H20N2O4S/c1-10-3-4-13(11(2)7-10)17-15(19)8-14(18)16-12-5-6-22(20,21)9-12/h3-4,7,12H,5-6,8-9H2,1-2H3,(H,16,18)(H,17,19). The topological polar surface area (TPSA) is 92.3 Å². The zero-order chi connectivity index (χ0) is 16.3. The van der Waals surface area contributed by atoms with E-state index in [9.17, 15) is 18.0 Å². The lowest BCUT2D eigenvalue weighted by Crippen LogP contribution is -2.37. The summed E-state index contributed by atoms with van der Waals surface area (Å²) < 4.78 is 22.6. The summed E-state index contributed by atoms with van der Waals surface area (Å²) in [4.78, 5) is 23.7. The Morgan fingerprint density at radius 1 is 1.23 bits per heavy atom. The molecule has 22 heavy (non-hydrogen) atoms. The molecule has 1 aromatic carbocycles. The first-order chi connectivity index (χ1) is 10.2. The van der Waals surface area contributed by atoms with Gasteiger partial charge in [-0.15, -0.1) is 0 Å². The van der Waals surface area contributed by atoms with Gasteiger partial charge in [0.25, 0.3) is 0 Å². The Morgan fingerprint density at radius 2 is 1.95 bits per heavy atom. The van der Waals surface area contributed by atoms with Crippen molar-refractivity contribution in [3.63, 3.8) is 0 Å². The van der Waals surface area contributed by atoms with Gasteiger partial charge in [-0.3, -0.25) is 9.59 Å². The number of amides is 2. The predicted octanol–water partition coefficient (Wildman–Crippen LogP) is 0.935. The number of hydrogen-bond acceptors (Lipinski definition) is 4. The second-order valence-electron chi connectivity index (χ2n) is 5.71.